The molecule has 1 aliphatic carbocycles. The summed E-state index contributed by atoms with van der Waals surface area (Å²) in [6.45, 7) is 0. The van der Waals surface area contributed by atoms with Gasteiger partial charge in [-0.05, 0) is 69.8 Å². The molecular formula is C24H17O6P. The number of phenolic OH excluding ortho intramolecular Hbond substituents is 2. The summed E-state index contributed by atoms with van der Waals surface area (Å²) in [5, 5.41) is 20.2. The highest BCUT2D eigenvalue weighted by Gasteiger charge is 2.30. The SMILES string of the molecule is O=P(O)(O)Oc1cc(-c2cccc(O)c2)c(-c2cccc(O)c2)c2c1-c1cccc-2c1. The van der Waals surface area contributed by atoms with Crippen molar-refractivity contribution in [3.05, 3.63) is 78.9 Å². The lowest BCUT2D eigenvalue weighted by molar-refractivity contribution is 0.283. The summed E-state index contributed by atoms with van der Waals surface area (Å²) >= 11 is 0. The van der Waals surface area contributed by atoms with Gasteiger partial charge in [-0.15, -0.1) is 0 Å². The first kappa shape index (κ1) is 19.4. The fourth-order valence-electron chi connectivity index (χ4n) is 4.13. The van der Waals surface area contributed by atoms with Gasteiger partial charge in [0.15, 0.2) is 0 Å². The van der Waals surface area contributed by atoms with Crippen LogP contribution in [0.4, 0.5) is 0 Å². The molecular weight excluding hydrogens is 415 g/mol. The molecule has 7 heteroatoms. The van der Waals surface area contributed by atoms with Gasteiger partial charge in [0.05, 0.1) is 0 Å². The standard InChI is InChI=1S/C24H17O6P/c25-18-8-2-4-14(11-18)20-13-21(30-31(27,28)29)23-15-5-1-6-16(10-15)24(23)22(20)17-7-3-9-19(26)12-17/h1-13,25-26H,(H2,27,28,29). The van der Waals surface area contributed by atoms with Crippen molar-refractivity contribution < 1.29 is 29.1 Å². The molecule has 0 spiro atoms. The van der Waals surface area contributed by atoms with Crippen molar-refractivity contribution >= 4 is 7.82 Å². The summed E-state index contributed by atoms with van der Waals surface area (Å²) in [4.78, 5) is 19.1. The molecule has 0 atom stereocenters. The quantitative estimate of drug-likeness (QED) is 0.277. The van der Waals surface area contributed by atoms with Gasteiger partial charge in [0.25, 0.3) is 0 Å². The van der Waals surface area contributed by atoms with Gasteiger partial charge in [0.2, 0.25) is 0 Å². The van der Waals surface area contributed by atoms with Gasteiger partial charge >= 0.3 is 7.82 Å². The van der Waals surface area contributed by atoms with Gasteiger partial charge in [-0.3, -0.25) is 9.79 Å². The van der Waals surface area contributed by atoms with Crippen LogP contribution in [0.3, 0.4) is 0 Å². The van der Waals surface area contributed by atoms with E-state index < -0.39 is 7.82 Å². The van der Waals surface area contributed by atoms with Gasteiger partial charge in [0, 0.05) is 11.1 Å². The Hall–Kier alpha value is -3.57. The molecule has 4 N–H and O–H groups in total. The third-order valence-electron chi connectivity index (χ3n) is 5.24. The first-order valence-electron chi connectivity index (χ1n) is 9.46. The second kappa shape index (κ2) is 7.00. The lowest BCUT2D eigenvalue weighted by atomic mass is 9.86. The molecule has 5 rings (SSSR count). The van der Waals surface area contributed by atoms with Crippen LogP contribution in [0.1, 0.15) is 0 Å². The molecule has 2 bridgehead atoms. The maximum atomic E-state index is 11.7. The predicted octanol–water partition coefficient (Wildman–Crippen LogP) is 5.55. The van der Waals surface area contributed by atoms with Gasteiger partial charge in [-0.1, -0.05) is 42.5 Å². The molecule has 0 saturated heterocycles. The zero-order valence-corrected chi connectivity index (χ0v) is 17.0. The summed E-state index contributed by atoms with van der Waals surface area (Å²) < 4.78 is 16.9. The van der Waals surface area contributed by atoms with Crippen LogP contribution in [0.2, 0.25) is 0 Å². The molecule has 0 saturated carbocycles. The summed E-state index contributed by atoms with van der Waals surface area (Å²) in [5.74, 6) is 0.193. The van der Waals surface area contributed by atoms with Crippen LogP contribution in [0.15, 0.2) is 78.9 Å². The van der Waals surface area contributed by atoms with Crippen molar-refractivity contribution in [1.29, 1.82) is 0 Å². The first-order valence-corrected chi connectivity index (χ1v) is 11.0. The maximum absolute atomic E-state index is 11.7. The Morgan fingerprint density at radius 3 is 1.74 bits per heavy atom. The lowest BCUT2D eigenvalue weighted by Crippen LogP contribution is -1.97. The van der Waals surface area contributed by atoms with E-state index in [-0.39, 0.29) is 17.2 Å². The van der Waals surface area contributed by atoms with Gasteiger partial charge in [-0.25, -0.2) is 4.57 Å². The minimum absolute atomic E-state index is 0.0479. The Bertz CT molecular complexity index is 1390. The van der Waals surface area contributed by atoms with Crippen molar-refractivity contribution in [2.75, 3.05) is 0 Å². The third kappa shape index (κ3) is 3.47. The van der Waals surface area contributed by atoms with Gasteiger partial charge < -0.3 is 14.7 Å². The first-order chi connectivity index (χ1) is 14.8. The largest absolute Gasteiger partial charge is 0.524 e. The number of rotatable bonds is 4. The van der Waals surface area contributed by atoms with Crippen molar-refractivity contribution in [3.8, 4) is 61.8 Å². The minimum atomic E-state index is -4.83. The number of aromatic hydroxyl groups is 2. The number of hydrogen-bond acceptors (Lipinski definition) is 4. The molecule has 154 valence electrons. The summed E-state index contributed by atoms with van der Waals surface area (Å²) in [5.41, 5.74) is 5.68. The van der Waals surface area contributed by atoms with Crippen molar-refractivity contribution in [3.63, 3.8) is 0 Å². The summed E-state index contributed by atoms with van der Waals surface area (Å²) in [6, 6.07) is 22.5. The number of hydrogen-bond donors (Lipinski definition) is 4. The van der Waals surface area contributed by atoms with E-state index in [4.69, 9.17) is 4.52 Å². The zero-order valence-electron chi connectivity index (χ0n) is 16.1. The van der Waals surface area contributed by atoms with E-state index in [1.807, 2.05) is 30.3 Å². The van der Waals surface area contributed by atoms with E-state index in [9.17, 15) is 24.6 Å². The third-order valence-corrected chi connectivity index (χ3v) is 5.67. The van der Waals surface area contributed by atoms with Gasteiger partial charge in [-0.2, -0.15) is 0 Å². The second-order valence-electron chi connectivity index (χ2n) is 7.31. The van der Waals surface area contributed by atoms with Crippen molar-refractivity contribution in [2.45, 2.75) is 0 Å². The molecule has 0 aliphatic heterocycles. The summed E-state index contributed by atoms with van der Waals surface area (Å²) in [7, 11) is -4.83. The molecule has 0 amide bonds. The number of phosphoric acid groups is 1. The average molecular weight is 432 g/mol. The average Bonchev–Trinajstić information content (AvgIpc) is 2.97. The van der Waals surface area contributed by atoms with E-state index >= 15 is 0 Å². The lowest BCUT2D eigenvalue weighted by Gasteiger charge is -2.20. The maximum Gasteiger partial charge on any atom is 0.524 e. The minimum Gasteiger partial charge on any atom is -0.508 e. The molecule has 4 aromatic carbocycles. The monoisotopic (exact) mass is 432 g/mol. The molecule has 0 fully saturated rings. The fraction of sp³-hybridized carbons (Fsp3) is 0. The number of phosphoric ester groups is 1. The van der Waals surface area contributed by atoms with Crippen LogP contribution in [-0.4, -0.2) is 20.0 Å². The highest BCUT2D eigenvalue weighted by Crippen LogP contribution is 2.56. The Morgan fingerprint density at radius 2 is 1.13 bits per heavy atom. The van der Waals surface area contributed by atoms with Crippen LogP contribution in [0.25, 0.3) is 44.5 Å². The highest BCUT2D eigenvalue weighted by atomic mass is 31.2. The highest BCUT2D eigenvalue weighted by molar-refractivity contribution is 7.46. The van der Waals surface area contributed by atoms with E-state index in [0.717, 1.165) is 27.8 Å². The Kier molecular flexibility index (Phi) is 4.38. The van der Waals surface area contributed by atoms with Crippen LogP contribution in [0.5, 0.6) is 17.2 Å². The Labute approximate surface area is 177 Å². The molecule has 4 aromatic rings. The molecule has 6 nitrogen and oxygen atoms in total. The topological polar surface area (TPSA) is 107 Å². The molecule has 0 radical (unpaired) electrons. The van der Waals surface area contributed by atoms with Crippen molar-refractivity contribution in [1.82, 2.24) is 0 Å². The Morgan fingerprint density at radius 1 is 0.613 bits per heavy atom. The molecule has 0 heterocycles. The molecule has 0 aromatic heterocycles. The molecule has 0 unspecified atom stereocenters. The Balaban J connectivity index is 1.92. The van der Waals surface area contributed by atoms with Crippen LogP contribution in [-0.2, 0) is 4.57 Å². The fourth-order valence-corrected chi connectivity index (χ4v) is 4.53. The van der Waals surface area contributed by atoms with Gasteiger partial charge in [0.1, 0.15) is 17.2 Å². The molecule has 1 aliphatic rings. The number of phenols is 2. The number of fused-ring (bicyclic) bond motifs is 5. The smallest absolute Gasteiger partial charge is 0.508 e. The normalized spacial score (nSPS) is 11.9. The van der Waals surface area contributed by atoms with Crippen LogP contribution >= 0.6 is 7.82 Å². The number of benzene rings is 4. The van der Waals surface area contributed by atoms with E-state index in [1.54, 1.807) is 48.5 Å². The van der Waals surface area contributed by atoms with E-state index in [1.165, 1.54) is 0 Å². The van der Waals surface area contributed by atoms with Crippen LogP contribution in [0, 0.1) is 0 Å². The van der Waals surface area contributed by atoms with Crippen molar-refractivity contribution in [2.24, 2.45) is 0 Å². The molecule has 31 heavy (non-hydrogen) atoms. The van der Waals surface area contributed by atoms with Crippen LogP contribution < -0.4 is 4.52 Å². The van der Waals surface area contributed by atoms with E-state index in [2.05, 4.69) is 0 Å². The second-order valence-corrected chi connectivity index (χ2v) is 8.47. The zero-order chi connectivity index (χ0) is 21.8. The van der Waals surface area contributed by atoms with E-state index in [0.29, 0.717) is 16.7 Å². The summed E-state index contributed by atoms with van der Waals surface area (Å²) in [6.07, 6.45) is 0. The predicted molar refractivity (Wildman–Crippen MR) is 118 cm³/mol.